The minimum Gasteiger partial charge on any atom is -0.307 e. The van der Waals surface area contributed by atoms with Gasteiger partial charge in [-0.3, -0.25) is 4.98 Å². The first-order valence-electron chi connectivity index (χ1n) is 8.86. The molecule has 0 saturated heterocycles. The molecule has 0 aliphatic heterocycles. The SMILES string of the molecule is Fc1cc(F)cc(-n2c3ccccc3c3c4sc5ccccc5c4ncc32)c1. The Hall–Kier alpha value is -3.31. The monoisotopic (exact) mass is 386 g/mol. The van der Waals surface area contributed by atoms with E-state index in [9.17, 15) is 8.78 Å². The lowest BCUT2D eigenvalue weighted by molar-refractivity contribution is 0.582. The molecule has 0 saturated carbocycles. The van der Waals surface area contributed by atoms with Gasteiger partial charge in [-0.1, -0.05) is 36.4 Å². The van der Waals surface area contributed by atoms with Gasteiger partial charge in [-0.25, -0.2) is 8.78 Å². The first-order valence-corrected chi connectivity index (χ1v) is 9.68. The first kappa shape index (κ1) is 15.7. The van der Waals surface area contributed by atoms with E-state index >= 15 is 0 Å². The Morgan fingerprint density at radius 2 is 1.50 bits per heavy atom. The molecule has 0 radical (unpaired) electrons. The molecule has 5 heteroatoms. The third-order valence-electron chi connectivity index (χ3n) is 5.13. The van der Waals surface area contributed by atoms with Gasteiger partial charge in [-0.2, -0.15) is 0 Å². The van der Waals surface area contributed by atoms with Gasteiger partial charge in [0, 0.05) is 26.9 Å². The summed E-state index contributed by atoms with van der Waals surface area (Å²) in [4.78, 5) is 4.73. The predicted octanol–water partition coefficient (Wildman–Crippen LogP) is 6.82. The normalized spacial score (nSPS) is 11.9. The number of hydrogen-bond donors (Lipinski definition) is 0. The number of aromatic nitrogens is 2. The molecule has 28 heavy (non-hydrogen) atoms. The van der Waals surface area contributed by atoms with Crippen LogP contribution in [-0.2, 0) is 0 Å². The molecule has 0 unspecified atom stereocenters. The van der Waals surface area contributed by atoms with Gasteiger partial charge < -0.3 is 4.57 Å². The highest BCUT2D eigenvalue weighted by atomic mass is 32.1. The van der Waals surface area contributed by atoms with Gasteiger partial charge >= 0.3 is 0 Å². The molecule has 0 aliphatic rings. The van der Waals surface area contributed by atoms with Crippen molar-refractivity contribution in [1.29, 1.82) is 0 Å². The van der Waals surface area contributed by atoms with Crippen molar-refractivity contribution >= 4 is 53.4 Å². The van der Waals surface area contributed by atoms with Crippen molar-refractivity contribution in [1.82, 2.24) is 9.55 Å². The van der Waals surface area contributed by atoms with Crippen LogP contribution in [0.2, 0.25) is 0 Å². The quantitative estimate of drug-likeness (QED) is 0.303. The van der Waals surface area contributed by atoms with Gasteiger partial charge in [0.2, 0.25) is 0 Å². The zero-order chi connectivity index (χ0) is 18.8. The standard InChI is InChI=1S/C23H12F2N2S/c24-13-9-14(25)11-15(10-13)27-18-7-3-1-5-16(18)21-19(27)12-26-22-17-6-2-4-8-20(17)28-23(21)22/h1-12H. The Labute approximate surface area is 162 Å². The lowest BCUT2D eigenvalue weighted by Gasteiger charge is -2.08. The zero-order valence-corrected chi connectivity index (χ0v) is 15.3. The van der Waals surface area contributed by atoms with Crippen LogP contribution in [0.3, 0.4) is 0 Å². The summed E-state index contributed by atoms with van der Waals surface area (Å²) in [5.41, 5.74) is 3.15. The van der Waals surface area contributed by atoms with E-state index in [1.54, 1.807) is 17.5 Å². The summed E-state index contributed by atoms with van der Waals surface area (Å²) in [5.74, 6) is -1.20. The maximum Gasteiger partial charge on any atom is 0.128 e. The molecule has 0 N–H and O–H groups in total. The van der Waals surface area contributed by atoms with Crippen molar-refractivity contribution in [2.24, 2.45) is 0 Å². The number of thiophene rings is 1. The van der Waals surface area contributed by atoms with Crippen molar-refractivity contribution in [3.8, 4) is 5.69 Å². The van der Waals surface area contributed by atoms with Gasteiger partial charge in [0.25, 0.3) is 0 Å². The summed E-state index contributed by atoms with van der Waals surface area (Å²) in [6.45, 7) is 0. The van der Waals surface area contributed by atoms with E-state index in [4.69, 9.17) is 4.98 Å². The van der Waals surface area contributed by atoms with Crippen LogP contribution in [0.4, 0.5) is 8.78 Å². The van der Waals surface area contributed by atoms with E-state index < -0.39 is 11.6 Å². The highest BCUT2D eigenvalue weighted by molar-refractivity contribution is 7.26. The molecule has 2 nitrogen and oxygen atoms in total. The van der Waals surface area contributed by atoms with E-state index in [0.717, 1.165) is 43.5 Å². The second kappa shape index (κ2) is 5.59. The van der Waals surface area contributed by atoms with E-state index in [1.165, 1.54) is 16.8 Å². The van der Waals surface area contributed by atoms with E-state index in [-0.39, 0.29) is 0 Å². The molecule has 0 bridgehead atoms. The summed E-state index contributed by atoms with van der Waals surface area (Å²) in [6.07, 6.45) is 1.81. The smallest absolute Gasteiger partial charge is 0.128 e. The number of rotatable bonds is 1. The lowest BCUT2D eigenvalue weighted by atomic mass is 10.1. The van der Waals surface area contributed by atoms with E-state index in [1.807, 2.05) is 41.0 Å². The average Bonchev–Trinajstić information content (AvgIpc) is 3.22. The van der Waals surface area contributed by atoms with Crippen LogP contribution >= 0.6 is 11.3 Å². The number of hydrogen-bond acceptors (Lipinski definition) is 2. The largest absolute Gasteiger partial charge is 0.307 e. The highest BCUT2D eigenvalue weighted by Crippen LogP contribution is 2.41. The summed E-state index contributed by atoms with van der Waals surface area (Å²) < 4.78 is 32.0. The molecular formula is C23H12F2N2S. The number of halogens is 2. The third kappa shape index (κ3) is 2.08. The summed E-state index contributed by atoms with van der Waals surface area (Å²) in [7, 11) is 0. The topological polar surface area (TPSA) is 17.8 Å². The van der Waals surface area contributed by atoms with Gasteiger partial charge in [0.15, 0.2) is 0 Å². The fourth-order valence-corrected chi connectivity index (χ4v) is 5.24. The fraction of sp³-hybridized carbons (Fsp3) is 0. The van der Waals surface area contributed by atoms with Crippen molar-refractivity contribution in [3.63, 3.8) is 0 Å². The minimum atomic E-state index is -0.600. The van der Waals surface area contributed by atoms with Crippen LogP contribution in [0, 0.1) is 11.6 Å². The summed E-state index contributed by atoms with van der Waals surface area (Å²) in [5, 5.41) is 3.23. The molecule has 0 spiro atoms. The second-order valence-corrected chi connectivity index (χ2v) is 7.83. The molecule has 3 aromatic heterocycles. The number of pyridine rings is 1. The minimum absolute atomic E-state index is 0.450. The van der Waals surface area contributed by atoms with Crippen LogP contribution < -0.4 is 0 Å². The van der Waals surface area contributed by atoms with E-state index in [0.29, 0.717) is 5.69 Å². The first-order chi connectivity index (χ1) is 13.7. The Morgan fingerprint density at radius 1 is 0.786 bits per heavy atom. The number of nitrogens with zero attached hydrogens (tertiary/aromatic N) is 2. The van der Waals surface area contributed by atoms with Crippen molar-refractivity contribution in [2.75, 3.05) is 0 Å². The van der Waals surface area contributed by atoms with Crippen molar-refractivity contribution < 1.29 is 8.78 Å². The van der Waals surface area contributed by atoms with Gasteiger partial charge in [0.1, 0.15) is 11.6 Å². The molecule has 6 aromatic rings. The van der Waals surface area contributed by atoms with Gasteiger partial charge in [-0.15, -0.1) is 11.3 Å². The highest BCUT2D eigenvalue weighted by Gasteiger charge is 2.18. The second-order valence-electron chi connectivity index (χ2n) is 6.77. The molecule has 3 heterocycles. The van der Waals surface area contributed by atoms with Crippen LogP contribution in [-0.4, -0.2) is 9.55 Å². The fourth-order valence-electron chi connectivity index (χ4n) is 4.02. The lowest BCUT2D eigenvalue weighted by Crippen LogP contribution is -1.96. The Balaban J connectivity index is 1.85. The average molecular weight is 386 g/mol. The summed E-state index contributed by atoms with van der Waals surface area (Å²) in [6, 6.07) is 19.7. The molecule has 6 rings (SSSR count). The zero-order valence-electron chi connectivity index (χ0n) is 14.5. The Kier molecular flexibility index (Phi) is 3.14. The van der Waals surface area contributed by atoms with Crippen molar-refractivity contribution in [3.05, 3.63) is 84.6 Å². The molecule has 134 valence electrons. The molecule has 0 aliphatic carbocycles. The van der Waals surface area contributed by atoms with Gasteiger partial charge in [0.05, 0.1) is 33.1 Å². The number of benzene rings is 3. The van der Waals surface area contributed by atoms with Gasteiger partial charge in [-0.05, 0) is 24.3 Å². The van der Waals surface area contributed by atoms with E-state index in [2.05, 4.69) is 12.1 Å². The van der Waals surface area contributed by atoms with Crippen LogP contribution in [0.25, 0.3) is 47.8 Å². The third-order valence-corrected chi connectivity index (χ3v) is 6.31. The molecule has 0 atom stereocenters. The number of fused-ring (bicyclic) bond motifs is 7. The van der Waals surface area contributed by atoms with Crippen LogP contribution in [0.5, 0.6) is 0 Å². The van der Waals surface area contributed by atoms with Crippen LogP contribution in [0.1, 0.15) is 0 Å². The maximum absolute atomic E-state index is 13.9. The molecule has 0 amide bonds. The van der Waals surface area contributed by atoms with Crippen molar-refractivity contribution in [2.45, 2.75) is 0 Å². The number of para-hydroxylation sites is 1. The summed E-state index contributed by atoms with van der Waals surface area (Å²) >= 11 is 1.70. The molecule has 3 aromatic carbocycles. The van der Waals surface area contributed by atoms with Crippen LogP contribution in [0.15, 0.2) is 72.9 Å². The Bertz CT molecular complexity index is 1520. The Morgan fingerprint density at radius 3 is 2.32 bits per heavy atom. The molecular weight excluding hydrogens is 374 g/mol. The molecule has 0 fully saturated rings. The predicted molar refractivity (Wildman–Crippen MR) is 111 cm³/mol. The maximum atomic E-state index is 13.9.